The van der Waals surface area contributed by atoms with Gasteiger partial charge in [0.05, 0.1) is 17.3 Å². The molecule has 104 valence electrons. The monoisotopic (exact) mass is 271 g/mol. The van der Waals surface area contributed by atoms with Crippen molar-refractivity contribution in [3.8, 4) is 5.82 Å². The van der Waals surface area contributed by atoms with Crippen molar-refractivity contribution >= 4 is 17.0 Å². The first kappa shape index (κ1) is 12.6. The maximum Gasteiger partial charge on any atom is 0.226 e. The van der Waals surface area contributed by atoms with Gasteiger partial charge in [0.15, 0.2) is 11.5 Å². The van der Waals surface area contributed by atoms with Crippen LogP contribution in [0, 0.1) is 13.8 Å². The van der Waals surface area contributed by atoms with E-state index in [1.807, 2.05) is 24.6 Å². The van der Waals surface area contributed by atoms with Gasteiger partial charge in [-0.25, -0.2) is 4.68 Å². The molecule has 7 nitrogen and oxygen atoms in total. The number of nitrogens with zero attached hydrogens (tertiary/aromatic N) is 5. The van der Waals surface area contributed by atoms with Crippen molar-refractivity contribution < 1.29 is 0 Å². The van der Waals surface area contributed by atoms with Crippen LogP contribution in [0.5, 0.6) is 0 Å². The van der Waals surface area contributed by atoms with E-state index in [-0.39, 0.29) is 0 Å². The molecule has 3 aromatic rings. The van der Waals surface area contributed by atoms with E-state index in [4.69, 9.17) is 0 Å². The molecule has 2 N–H and O–H groups in total. The molecule has 0 atom stereocenters. The molecule has 0 radical (unpaired) electrons. The Balaban J connectivity index is 2.17. The molecule has 3 aromatic heterocycles. The zero-order valence-electron chi connectivity index (χ0n) is 11.8. The van der Waals surface area contributed by atoms with Gasteiger partial charge in [0.1, 0.15) is 0 Å². The Morgan fingerprint density at radius 1 is 1.30 bits per heavy atom. The van der Waals surface area contributed by atoms with E-state index in [1.54, 1.807) is 6.20 Å². The number of rotatable bonds is 4. The zero-order valence-corrected chi connectivity index (χ0v) is 11.8. The fraction of sp³-hybridized carbons (Fsp3) is 0.385. The third kappa shape index (κ3) is 2.11. The first-order valence-corrected chi connectivity index (χ1v) is 6.67. The number of fused-ring (bicyclic) bond motifs is 1. The van der Waals surface area contributed by atoms with Crippen LogP contribution < -0.4 is 5.32 Å². The molecule has 0 amide bonds. The van der Waals surface area contributed by atoms with Crippen LogP contribution in [0.25, 0.3) is 16.9 Å². The average Bonchev–Trinajstić information content (AvgIpc) is 3.01. The molecule has 7 heteroatoms. The highest BCUT2D eigenvalue weighted by molar-refractivity contribution is 5.82. The summed E-state index contributed by atoms with van der Waals surface area (Å²) in [5.74, 6) is 1.33. The van der Waals surface area contributed by atoms with Crippen LogP contribution in [0.2, 0.25) is 0 Å². The molecular formula is C13H17N7. The second-order valence-electron chi connectivity index (χ2n) is 4.77. The fourth-order valence-corrected chi connectivity index (χ4v) is 2.14. The quantitative estimate of drug-likeness (QED) is 0.758. The summed E-state index contributed by atoms with van der Waals surface area (Å²) in [6, 6.07) is 2.02. The number of hydrogen-bond donors (Lipinski definition) is 2. The normalized spacial score (nSPS) is 11.2. The Kier molecular flexibility index (Phi) is 3.09. The van der Waals surface area contributed by atoms with Crippen LogP contribution in [-0.4, -0.2) is 36.5 Å². The number of aromatic nitrogens is 6. The number of nitrogens with one attached hydrogen (secondary N) is 2. The SMILES string of the molecule is CCCNc1nc(-n2nc(C)cc2C)c2cn[nH]c2n1. The van der Waals surface area contributed by atoms with Crippen LogP contribution in [-0.2, 0) is 0 Å². The van der Waals surface area contributed by atoms with Crippen molar-refractivity contribution in [1.29, 1.82) is 0 Å². The lowest BCUT2D eigenvalue weighted by Crippen LogP contribution is -2.09. The predicted molar refractivity (Wildman–Crippen MR) is 77.1 cm³/mol. The number of aryl methyl sites for hydroxylation is 2. The van der Waals surface area contributed by atoms with Crippen molar-refractivity contribution in [3.05, 3.63) is 23.7 Å². The van der Waals surface area contributed by atoms with Crippen LogP contribution in [0.3, 0.4) is 0 Å². The summed E-state index contributed by atoms with van der Waals surface area (Å²) >= 11 is 0. The van der Waals surface area contributed by atoms with Gasteiger partial charge < -0.3 is 5.32 Å². The molecule has 0 aliphatic carbocycles. The minimum atomic E-state index is 0.589. The first-order valence-electron chi connectivity index (χ1n) is 6.67. The third-order valence-electron chi connectivity index (χ3n) is 3.03. The highest BCUT2D eigenvalue weighted by Gasteiger charge is 2.13. The standard InChI is InChI=1S/C13H17N7/c1-4-5-14-13-16-11-10(7-15-18-11)12(17-13)20-9(3)6-8(2)19-20/h6-7H,4-5H2,1-3H3,(H2,14,15,16,17,18). The Hall–Kier alpha value is -2.44. The Morgan fingerprint density at radius 3 is 2.85 bits per heavy atom. The highest BCUT2D eigenvalue weighted by atomic mass is 15.3. The molecule has 0 spiro atoms. The van der Waals surface area contributed by atoms with E-state index in [0.29, 0.717) is 11.6 Å². The van der Waals surface area contributed by atoms with Gasteiger partial charge in [0, 0.05) is 12.2 Å². The lowest BCUT2D eigenvalue weighted by atomic mass is 10.3. The van der Waals surface area contributed by atoms with Crippen LogP contribution >= 0.6 is 0 Å². The first-order chi connectivity index (χ1) is 9.69. The molecule has 3 heterocycles. The predicted octanol–water partition coefficient (Wildman–Crippen LogP) is 1.98. The molecular weight excluding hydrogens is 254 g/mol. The fourth-order valence-electron chi connectivity index (χ4n) is 2.14. The molecule has 0 saturated carbocycles. The van der Waals surface area contributed by atoms with E-state index in [9.17, 15) is 0 Å². The van der Waals surface area contributed by atoms with Gasteiger partial charge in [-0.05, 0) is 26.3 Å². The topological polar surface area (TPSA) is 84.3 Å². The third-order valence-corrected chi connectivity index (χ3v) is 3.03. The van der Waals surface area contributed by atoms with Gasteiger partial charge in [0.25, 0.3) is 0 Å². The van der Waals surface area contributed by atoms with Gasteiger partial charge >= 0.3 is 0 Å². The largest absolute Gasteiger partial charge is 0.354 e. The average molecular weight is 271 g/mol. The molecule has 20 heavy (non-hydrogen) atoms. The zero-order chi connectivity index (χ0) is 14.1. The summed E-state index contributed by atoms with van der Waals surface area (Å²) in [5.41, 5.74) is 2.70. The van der Waals surface area contributed by atoms with Gasteiger partial charge in [-0.15, -0.1) is 0 Å². The number of H-pyrrole nitrogens is 1. The molecule has 0 bridgehead atoms. The van der Waals surface area contributed by atoms with Crippen molar-refractivity contribution in [1.82, 2.24) is 29.9 Å². The number of aromatic amines is 1. The van der Waals surface area contributed by atoms with Crippen molar-refractivity contribution in [2.45, 2.75) is 27.2 Å². The molecule has 0 aromatic carbocycles. The summed E-state index contributed by atoms with van der Waals surface area (Å²) in [4.78, 5) is 8.99. The van der Waals surface area contributed by atoms with E-state index in [2.05, 4.69) is 37.5 Å². The van der Waals surface area contributed by atoms with Gasteiger partial charge in [-0.2, -0.15) is 20.2 Å². The minimum Gasteiger partial charge on any atom is -0.354 e. The smallest absolute Gasteiger partial charge is 0.226 e. The highest BCUT2D eigenvalue weighted by Crippen LogP contribution is 2.20. The molecule has 0 aliphatic heterocycles. The summed E-state index contributed by atoms with van der Waals surface area (Å²) in [7, 11) is 0. The molecule has 0 saturated heterocycles. The van der Waals surface area contributed by atoms with Crippen molar-refractivity contribution in [3.63, 3.8) is 0 Å². The van der Waals surface area contributed by atoms with E-state index >= 15 is 0 Å². The molecule has 0 aliphatic rings. The summed E-state index contributed by atoms with van der Waals surface area (Å²) in [6.07, 6.45) is 2.74. The molecule has 0 unspecified atom stereocenters. The molecule has 3 rings (SSSR count). The van der Waals surface area contributed by atoms with Crippen LogP contribution in [0.15, 0.2) is 12.3 Å². The Morgan fingerprint density at radius 2 is 2.15 bits per heavy atom. The van der Waals surface area contributed by atoms with Crippen molar-refractivity contribution in [2.75, 3.05) is 11.9 Å². The number of anilines is 1. The van der Waals surface area contributed by atoms with Gasteiger partial charge in [-0.1, -0.05) is 6.92 Å². The maximum atomic E-state index is 4.57. The van der Waals surface area contributed by atoms with E-state index in [1.165, 1.54) is 0 Å². The van der Waals surface area contributed by atoms with Crippen LogP contribution in [0.1, 0.15) is 24.7 Å². The summed E-state index contributed by atoms with van der Waals surface area (Å²) in [6.45, 7) is 6.90. The maximum absolute atomic E-state index is 4.57. The second-order valence-corrected chi connectivity index (χ2v) is 4.77. The van der Waals surface area contributed by atoms with E-state index < -0.39 is 0 Å². The Labute approximate surface area is 116 Å². The van der Waals surface area contributed by atoms with Gasteiger partial charge in [-0.3, -0.25) is 5.10 Å². The second kappa shape index (κ2) is 4.92. The summed E-state index contributed by atoms with van der Waals surface area (Å²) in [5, 5.41) is 15.5. The lowest BCUT2D eigenvalue weighted by molar-refractivity contribution is 0.809. The van der Waals surface area contributed by atoms with Gasteiger partial charge in [0.2, 0.25) is 5.95 Å². The molecule has 0 fully saturated rings. The van der Waals surface area contributed by atoms with Crippen LogP contribution in [0.4, 0.5) is 5.95 Å². The Bertz CT molecular complexity index is 740. The summed E-state index contributed by atoms with van der Waals surface area (Å²) < 4.78 is 1.83. The number of hydrogen-bond acceptors (Lipinski definition) is 5. The minimum absolute atomic E-state index is 0.589. The van der Waals surface area contributed by atoms with E-state index in [0.717, 1.165) is 35.6 Å². The lowest BCUT2D eigenvalue weighted by Gasteiger charge is -2.08. The van der Waals surface area contributed by atoms with Crippen molar-refractivity contribution in [2.24, 2.45) is 0 Å².